The first-order chi connectivity index (χ1) is 16.5. The van der Waals surface area contributed by atoms with Gasteiger partial charge in [0.05, 0.1) is 6.04 Å². The summed E-state index contributed by atoms with van der Waals surface area (Å²) >= 11 is 0. The SMILES string of the molecule is CC1=NN(c2ccc3nnc(C)n3n2)C(C)C1CCC(=O)N1CCC(Cc2ccccc2)CC1. The van der Waals surface area contributed by atoms with Gasteiger partial charge in [-0.15, -0.1) is 15.3 Å². The van der Waals surface area contributed by atoms with E-state index in [9.17, 15) is 4.79 Å². The second-order valence-corrected chi connectivity index (χ2v) is 9.69. The zero-order valence-electron chi connectivity index (χ0n) is 20.3. The van der Waals surface area contributed by atoms with Gasteiger partial charge in [-0.3, -0.25) is 4.79 Å². The van der Waals surface area contributed by atoms with E-state index in [4.69, 9.17) is 5.10 Å². The number of carbonyl (C=O) groups excluding carboxylic acids is 1. The molecule has 1 amide bonds. The zero-order valence-corrected chi connectivity index (χ0v) is 20.3. The van der Waals surface area contributed by atoms with E-state index in [0.717, 1.165) is 61.8 Å². The molecule has 0 radical (unpaired) electrons. The summed E-state index contributed by atoms with van der Waals surface area (Å²) in [5.74, 6) is 2.70. The maximum Gasteiger partial charge on any atom is 0.222 e. The van der Waals surface area contributed by atoms with Crippen LogP contribution in [0.15, 0.2) is 47.6 Å². The number of aryl methyl sites for hydroxylation is 1. The highest BCUT2D eigenvalue weighted by atomic mass is 16.2. The van der Waals surface area contributed by atoms with Gasteiger partial charge in [0.2, 0.25) is 5.91 Å². The van der Waals surface area contributed by atoms with Crippen LogP contribution < -0.4 is 5.01 Å². The van der Waals surface area contributed by atoms with E-state index in [-0.39, 0.29) is 17.9 Å². The Morgan fingerprint density at radius 3 is 2.56 bits per heavy atom. The molecule has 0 aliphatic carbocycles. The smallest absolute Gasteiger partial charge is 0.222 e. The number of fused-ring (bicyclic) bond motifs is 1. The highest BCUT2D eigenvalue weighted by Crippen LogP contribution is 2.30. The Balaban J connectivity index is 1.14. The number of nitrogens with zero attached hydrogens (tertiary/aromatic N) is 7. The fourth-order valence-corrected chi connectivity index (χ4v) is 5.34. The van der Waals surface area contributed by atoms with Gasteiger partial charge in [0.15, 0.2) is 17.3 Å². The summed E-state index contributed by atoms with van der Waals surface area (Å²) < 4.78 is 1.74. The Kier molecular flexibility index (Phi) is 6.30. The molecule has 2 aliphatic rings. The second kappa shape index (κ2) is 9.52. The third-order valence-electron chi connectivity index (χ3n) is 7.41. The van der Waals surface area contributed by atoms with Crippen LogP contribution in [-0.4, -0.2) is 55.5 Å². The molecule has 2 atom stereocenters. The Morgan fingerprint density at radius 2 is 1.79 bits per heavy atom. The van der Waals surface area contributed by atoms with Crippen molar-refractivity contribution in [3.8, 4) is 0 Å². The molecule has 178 valence electrons. The molecule has 4 heterocycles. The van der Waals surface area contributed by atoms with Gasteiger partial charge < -0.3 is 4.90 Å². The van der Waals surface area contributed by atoms with E-state index in [1.54, 1.807) is 4.52 Å². The van der Waals surface area contributed by atoms with E-state index in [0.29, 0.717) is 12.3 Å². The van der Waals surface area contributed by atoms with Crippen LogP contribution in [0.2, 0.25) is 0 Å². The zero-order chi connectivity index (χ0) is 23.7. The van der Waals surface area contributed by atoms with Gasteiger partial charge in [-0.2, -0.15) is 9.62 Å². The van der Waals surface area contributed by atoms with Crippen molar-refractivity contribution in [2.45, 2.75) is 58.9 Å². The van der Waals surface area contributed by atoms with Gasteiger partial charge in [0.25, 0.3) is 0 Å². The van der Waals surface area contributed by atoms with Gasteiger partial charge >= 0.3 is 0 Å². The van der Waals surface area contributed by atoms with E-state index in [2.05, 4.69) is 64.4 Å². The molecule has 2 aliphatic heterocycles. The fraction of sp³-hybridized carbons (Fsp3) is 0.500. The summed E-state index contributed by atoms with van der Waals surface area (Å²) in [7, 11) is 0. The molecule has 1 saturated heterocycles. The monoisotopic (exact) mass is 459 g/mol. The summed E-state index contributed by atoms with van der Waals surface area (Å²) in [5, 5.41) is 19.6. The molecule has 2 unspecified atom stereocenters. The number of aromatic nitrogens is 4. The molecule has 5 rings (SSSR count). The standard InChI is InChI=1S/C26H33N7O/c1-18-23(19(2)32(29-18)25-11-10-24-28-27-20(3)33(24)30-25)9-12-26(34)31-15-13-22(14-16-31)17-21-7-5-4-6-8-21/h4-8,10-11,19,22-23H,9,12-17H2,1-3H3. The maximum absolute atomic E-state index is 13.0. The topological polar surface area (TPSA) is 79.0 Å². The Bertz CT molecular complexity index is 1180. The molecular weight excluding hydrogens is 426 g/mol. The van der Waals surface area contributed by atoms with Crippen molar-refractivity contribution < 1.29 is 4.79 Å². The highest BCUT2D eigenvalue weighted by Gasteiger charge is 2.34. The summed E-state index contributed by atoms with van der Waals surface area (Å²) in [5.41, 5.74) is 3.18. The average molecular weight is 460 g/mol. The lowest BCUT2D eigenvalue weighted by Gasteiger charge is -2.32. The number of amides is 1. The average Bonchev–Trinajstić information content (AvgIpc) is 3.37. The molecule has 0 N–H and O–H groups in total. The molecule has 1 aromatic carbocycles. The second-order valence-electron chi connectivity index (χ2n) is 9.69. The minimum Gasteiger partial charge on any atom is -0.343 e. The van der Waals surface area contributed by atoms with Crippen molar-refractivity contribution in [2.75, 3.05) is 18.1 Å². The van der Waals surface area contributed by atoms with Crippen molar-refractivity contribution in [2.24, 2.45) is 16.9 Å². The molecule has 8 nitrogen and oxygen atoms in total. The number of hydrazone groups is 1. The summed E-state index contributed by atoms with van der Waals surface area (Å²) in [6, 6.07) is 14.7. The number of hydrogen-bond donors (Lipinski definition) is 0. The molecule has 34 heavy (non-hydrogen) atoms. The predicted molar refractivity (Wildman–Crippen MR) is 133 cm³/mol. The molecule has 1 fully saturated rings. The number of carbonyl (C=O) groups is 1. The van der Waals surface area contributed by atoms with E-state index in [1.165, 1.54) is 5.56 Å². The Hall–Kier alpha value is -3.29. The van der Waals surface area contributed by atoms with Crippen molar-refractivity contribution in [1.82, 2.24) is 24.7 Å². The Morgan fingerprint density at radius 1 is 1.03 bits per heavy atom. The van der Waals surface area contributed by atoms with Crippen molar-refractivity contribution in [3.05, 3.63) is 53.9 Å². The summed E-state index contributed by atoms with van der Waals surface area (Å²) in [6.07, 6.45) is 4.67. The number of anilines is 1. The molecule has 0 spiro atoms. The molecule has 0 saturated carbocycles. The number of hydrogen-bond acceptors (Lipinski definition) is 6. The van der Waals surface area contributed by atoms with Crippen LogP contribution in [0.4, 0.5) is 5.82 Å². The van der Waals surface area contributed by atoms with Crippen LogP contribution in [-0.2, 0) is 11.2 Å². The van der Waals surface area contributed by atoms with Crippen molar-refractivity contribution >= 4 is 23.1 Å². The number of benzene rings is 1. The van der Waals surface area contributed by atoms with Gasteiger partial charge in [0, 0.05) is 31.1 Å². The van der Waals surface area contributed by atoms with Gasteiger partial charge in [-0.05, 0) is 70.1 Å². The fourth-order valence-electron chi connectivity index (χ4n) is 5.34. The minimum absolute atomic E-state index is 0.145. The van der Waals surface area contributed by atoms with Crippen LogP contribution >= 0.6 is 0 Å². The number of rotatable bonds is 6. The molecule has 2 aromatic heterocycles. The van der Waals surface area contributed by atoms with E-state index >= 15 is 0 Å². The van der Waals surface area contributed by atoms with Crippen molar-refractivity contribution in [1.29, 1.82) is 0 Å². The van der Waals surface area contributed by atoms with Crippen molar-refractivity contribution in [3.63, 3.8) is 0 Å². The summed E-state index contributed by atoms with van der Waals surface area (Å²) in [4.78, 5) is 15.0. The Labute approximate surface area is 200 Å². The molecule has 3 aromatic rings. The quantitative estimate of drug-likeness (QED) is 0.559. The normalized spacial score (nSPS) is 21.3. The molecular formula is C26H33N7O. The number of likely N-dealkylation sites (tertiary alicyclic amines) is 1. The first-order valence-corrected chi connectivity index (χ1v) is 12.3. The largest absolute Gasteiger partial charge is 0.343 e. The van der Waals surface area contributed by atoms with Crippen LogP contribution in [0.3, 0.4) is 0 Å². The van der Waals surface area contributed by atoms with Gasteiger partial charge in [-0.25, -0.2) is 5.01 Å². The minimum atomic E-state index is 0.145. The lowest BCUT2D eigenvalue weighted by molar-refractivity contribution is -0.132. The third-order valence-corrected chi connectivity index (χ3v) is 7.41. The molecule has 0 bridgehead atoms. The van der Waals surface area contributed by atoms with Gasteiger partial charge in [0.1, 0.15) is 0 Å². The van der Waals surface area contributed by atoms with E-state index < -0.39 is 0 Å². The number of piperidine rings is 1. The maximum atomic E-state index is 13.0. The third kappa shape index (κ3) is 4.54. The molecule has 8 heteroatoms. The van der Waals surface area contributed by atoms with Crippen LogP contribution in [0.5, 0.6) is 0 Å². The van der Waals surface area contributed by atoms with Crippen LogP contribution in [0.1, 0.15) is 50.9 Å². The lowest BCUT2D eigenvalue weighted by Crippen LogP contribution is -2.39. The highest BCUT2D eigenvalue weighted by molar-refractivity contribution is 5.89. The summed E-state index contributed by atoms with van der Waals surface area (Å²) in [6.45, 7) is 7.85. The lowest BCUT2D eigenvalue weighted by atomic mass is 9.89. The van der Waals surface area contributed by atoms with E-state index in [1.807, 2.05) is 24.1 Å². The first-order valence-electron chi connectivity index (χ1n) is 12.3. The van der Waals surface area contributed by atoms with Gasteiger partial charge in [-0.1, -0.05) is 30.3 Å². The van der Waals surface area contributed by atoms with Crippen LogP contribution in [0, 0.1) is 18.8 Å². The predicted octanol–water partition coefficient (Wildman–Crippen LogP) is 3.89. The first kappa shape index (κ1) is 22.5. The van der Waals surface area contributed by atoms with Crippen LogP contribution in [0.25, 0.3) is 5.65 Å².